The molecular formula is C34H46N6O4. The summed E-state index contributed by atoms with van der Waals surface area (Å²) in [6.45, 7) is 14.4. The van der Waals surface area contributed by atoms with Crippen molar-refractivity contribution >= 4 is 23.6 Å². The van der Waals surface area contributed by atoms with Gasteiger partial charge in [-0.05, 0) is 102 Å². The molecule has 1 fully saturated rings. The predicted molar refractivity (Wildman–Crippen MR) is 172 cm³/mol. The number of amides is 1. The maximum atomic E-state index is 12.9. The van der Waals surface area contributed by atoms with Crippen molar-refractivity contribution in [2.24, 2.45) is 5.92 Å². The van der Waals surface area contributed by atoms with Crippen molar-refractivity contribution in [1.29, 1.82) is 0 Å². The van der Waals surface area contributed by atoms with Gasteiger partial charge in [-0.3, -0.25) is 9.69 Å². The number of carboxylic acids is 1. The van der Waals surface area contributed by atoms with E-state index < -0.39 is 11.6 Å². The number of aliphatic carboxylic acids is 1. The topological polar surface area (TPSA) is 104 Å². The van der Waals surface area contributed by atoms with Gasteiger partial charge in [-0.1, -0.05) is 12.1 Å². The summed E-state index contributed by atoms with van der Waals surface area (Å²) in [5.41, 5.74) is 5.54. The second-order valence-corrected chi connectivity index (χ2v) is 13.2. The first-order valence-electron chi connectivity index (χ1n) is 15.8. The third-order valence-electron chi connectivity index (χ3n) is 8.29. The molecule has 10 heteroatoms. The lowest BCUT2D eigenvalue weighted by atomic mass is 10.0. The lowest BCUT2D eigenvalue weighted by molar-refractivity contribution is -0.136. The average Bonchev–Trinajstić information content (AvgIpc) is 3.57. The Morgan fingerprint density at radius 3 is 2.66 bits per heavy atom. The Morgan fingerprint density at radius 1 is 1.11 bits per heavy atom. The van der Waals surface area contributed by atoms with E-state index in [-0.39, 0.29) is 12.5 Å². The summed E-state index contributed by atoms with van der Waals surface area (Å²) in [5, 5.41) is 14.1. The molecule has 44 heavy (non-hydrogen) atoms. The number of benzene rings is 1. The lowest BCUT2D eigenvalue weighted by Gasteiger charge is -2.31. The van der Waals surface area contributed by atoms with Gasteiger partial charge in [-0.2, -0.15) is 5.10 Å². The van der Waals surface area contributed by atoms with E-state index in [9.17, 15) is 14.7 Å². The molecule has 3 aromatic rings. The third-order valence-corrected chi connectivity index (χ3v) is 8.29. The van der Waals surface area contributed by atoms with Gasteiger partial charge in [0, 0.05) is 56.2 Å². The molecule has 0 radical (unpaired) electrons. The van der Waals surface area contributed by atoms with E-state index in [4.69, 9.17) is 9.72 Å². The van der Waals surface area contributed by atoms with Crippen LogP contribution >= 0.6 is 0 Å². The van der Waals surface area contributed by atoms with Gasteiger partial charge in [0.25, 0.3) is 0 Å². The number of rotatable bonds is 10. The zero-order valence-electron chi connectivity index (χ0n) is 26.8. The van der Waals surface area contributed by atoms with Crippen LogP contribution in [-0.2, 0) is 22.4 Å². The maximum absolute atomic E-state index is 12.9. The highest BCUT2D eigenvalue weighted by Crippen LogP contribution is 2.28. The second kappa shape index (κ2) is 13.4. The Morgan fingerprint density at radius 2 is 1.93 bits per heavy atom. The Labute approximate surface area is 260 Å². The molecule has 4 heterocycles. The molecule has 1 amide bonds. The van der Waals surface area contributed by atoms with Crippen LogP contribution in [0, 0.1) is 19.8 Å². The number of ether oxygens (including phenoxy) is 1. The molecule has 236 valence electrons. The van der Waals surface area contributed by atoms with Crippen LogP contribution in [0.5, 0.6) is 0 Å². The summed E-state index contributed by atoms with van der Waals surface area (Å²) in [5.74, 6) is 0.375. The zero-order chi connectivity index (χ0) is 31.4. The number of aromatic nitrogens is 3. The van der Waals surface area contributed by atoms with Gasteiger partial charge in [0.05, 0.1) is 17.8 Å². The molecule has 2 aliphatic heterocycles. The largest absolute Gasteiger partial charge is 0.481 e. The van der Waals surface area contributed by atoms with E-state index in [1.54, 1.807) is 4.90 Å². The van der Waals surface area contributed by atoms with E-state index in [0.29, 0.717) is 19.0 Å². The number of carbonyl (C=O) groups excluding carboxylic acids is 1. The smallest absolute Gasteiger partial charge is 0.416 e. The molecule has 1 aromatic carbocycles. The number of anilines is 2. The Kier molecular flexibility index (Phi) is 9.58. The SMILES string of the molecule is Cc1cc(C)n(-c2cccc(N(CCC(=O)O)CC3CCN(CCc4ccc5c(n4)N(C(=O)OC(C)(C)C)CCC5)C3)c2)n1. The van der Waals surface area contributed by atoms with Crippen LogP contribution in [0.25, 0.3) is 5.69 Å². The van der Waals surface area contributed by atoms with Crippen molar-refractivity contribution in [1.82, 2.24) is 19.7 Å². The average molecular weight is 603 g/mol. The van der Waals surface area contributed by atoms with Crippen LogP contribution in [0.3, 0.4) is 0 Å². The molecule has 1 N–H and O–H groups in total. The molecule has 1 atom stereocenters. The number of fused-ring (bicyclic) bond motifs is 1. The molecule has 0 bridgehead atoms. The molecule has 1 saturated heterocycles. The van der Waals surface area contributed by atoms with Gasteiger partial charge in [-0.25, -0.2) is 14.5 Å². The van der Waals surface area contributed by atoms with E-state index in [1.165, 1.54) is 0 Å². The number of likely N-dealkylation sites (tertiary alicyclic amines) is 1. The minimum Gasteiger partial charge on any atom is -0.481 e. The van der Waals surface area contributed by atoms with Crippen LogP contribution in [0.15, 0.2) is 42.5 Å². The summed E-state index contributed by atoms with van der Waals surface area (Å²) in [6.07, 6.45) is 3.43. The first-order valence-corrected chi connectivity index (χ1v) is 15.8. The van der Waals surface area contributed by atoms with Gasteiger partial charge in [0.1, 0.15) is 11.4 Å². The number of aryl methyl sites for hydroxylation is 3. The number of nitrogens with zero attached hydrogens (tertiary/aromatic N) is 6. The predicted octanol–water partition coefficient (Wildman–Crippen LogP) is 5.42. The first-order chi connectivity index (χ1) is 20.9. The zero-order valence-corrected chi connectivity index (χ0v) is 26.8. The standard InChI is InChI=1S/C34H46N6O4/c1-24-20-25(2)40(36-24)30-10-6-9-29(21-30)38(19-15-31(41)42)23-26-13-17-37(22-26)18-14-28-12-11-27-8-7-16-39(32(27)35-28)33(43)44-34(3,4)5/h6,9-12,20-21,26H,7-8,13-19,22-23H2,1-5H3,(H,41,42). The molecule has 5 rings (SSSR count). The van der Waals surface area contributed by atoms with Crippen molar-refractivity contribution < 1.29 is 19.4 Å². The highest BCUT2D eigenvalue weighted by atomic mass is 16.6. The van der Waals surface area contributed by atoms with Gasteiger partial charge in [-0.15, -0.1) is 0 Å². The minimum absolute atomic E-state index is 0.0882. The van der Waals surface area contributed by atoms with Gasteiger partial charge in [0.2, 0.25) is 0 Å². The Bertz CT molecular complexity index is 1480. The van der Waals surface area contributed by atoms with Crippen LogP contribution in [0.1, 0.15) is 62.7 Å². The number of hydrogen-bond acceptors (Lipinski definition) is 7. The van der Waals surface area contributed by atoms with Gasteiger partial charge >= 0.3 is 12.1 Å². The van der Waals surface area contributed by atoms with Crippen molar-refractivity contribution in [3.63, 3.8) is 0 Å². The van der Waals surface area contributed by atoms with E-state index in [0.717, 1.165) is 91.7 Å². The first kappa shape index (κ1) is 31.5. The van der Waals surface area contributed by atoms with Gasteiger partial charge in [0.15, 0.2) is 0 Å². The molecule has 1 unspecified atom stereocenters. The Balaban J connectivity index is 1.21. The molecule has 2 aliphatic rings. The highest BCUT2D eigenvalue weighted by molar-refractivity contribution is 5.88. The summed E-state index contributed by atoms with van der Waals surface area (Å²) in [7, 11) is 0. The number of carboxylic acid groups (broad SMARTS) is 1. The normalized spacial score (nSPS) is 17.0. The molecule has 0 saturated carbocycles. The van der Waals surface area contributed by atoms with E-state index >= 15 is 0 Å². The molecular weight excluding hydrogens is 556 g/mol. The fourth-order valence-electron chi connectivity index (χ4n) is 6.23. The summed E-state index contributed by atoms with van der Waals surface area (Å²) in [6, 6.07) is 14.5. The van der Waals surface area contributed by atoms with Crippen LogP contribution in [-0.4, -0.2) is 81.7 Å². The maximum Gasteiger partial charge on any atom is 0.416 e. The second-order valence-electron chi connectivity index (χ2n) is 13.2. The van der Waals surface area contributed by atoms with E-state index in [2.05, 4.69) is 45.2 Å². The van der Waals surface area contributed by atoms with Crippen molar-refractivity contribution in [3.8, 4) is 5.69 Å². The number of hydrogen-bond donors (Lipinski definition) is 1. The third kappa shape index (κ3) is 7.96. The van der Waals surface area contributed by atoms with Crippen LogP contribution in [0.2, 0.25) is 0 Å². The summed E-state index contributed by atoms with van der Waals surface area (Å²) < 4.78 is 7.59. The summed E-state index contributed by atoms with van der Waals surface area (Å²) in [4.78, 5) is 35.7. The molecule has 0 spiro atoms. The fraction of sp³-hybridized carbons (Fsp3) is 0.529. The van der Waals surface area contributed by atoms with Crippen molar-refractivity contribution in [2.75, 3.05) is 49.1 Å². The Hall–Kier alpha value is -3.92. The van der Waals surface area contributed by atoms with Crippen molar-refractivity contribution in [2.45, 2.75) is 72.3 Å². The molecule has 0 aliphatic carbocycles. The summed E-state index contributed by atoms with van der Waals surface area (Å²) >= 11 is 0. The fourth-order valence-corrected chi connectivity index (χ4v) is 6.23. The quantitative estimate of drug-likeness (QED) is 0.328. The number of carbonyl (C=O) groups is 2. The van der Waals surface area contributed by atoms with Gasteiger partial charge < -0.3 is 19.6 Å². The minimum atomic E-state index is -0.791. The number of pyridine rings is 1. The monoisotopic (exact) mass is 602 g/mol. The van der Waals surface area contributed by atoms with Crippen molar-refractivity contribution in [3.05, 3.63) is 65.1 Å². The van der Waals surface area contributed by atoms with E-state index in [1.807, 2.05) is 51.4 Å². The molecule has 10 nitrogen and oxygen atoms in total. The van der Waals surface area contributed by atoms with Crippen LogP contribution in [0.4, 0.5) is 16.3 Å². The highest BCUT2D eigenvalue weighted by Gasteiger charge is 2.29. The van der Waals surface area contributed by atoms with Crippen LogP contribution < -0.4 is 9.80 Å². The lowest BCUT2D eigenvalue weighted by Crippen LogP contribution is -2.40. The molecule has 2 aromatic heterocycles.